The number of carbonyl (C=O) groups is 2. The molecule has 1 unspecified atom stereocenters. The molecule has 0 aromatic carbocycles. The minimum absolute atomic E-state index is 0.0653. The number of hydrogen-bond acceptors (Lipinski definition) is 6. The molecule has 4 aliphatic rings. The predicted octanol–water partition coefficient (Wildman–Crippen LogP) is 3.29. The van der Waals surface area contributed by atoms with Gasteiger partial charge in [-0.05, 0) is 82.5 Å². The van der Waals surface area contributed by atoms with Crippen LogP contribution in [0.1, 0.15) is 84.0 Å². The van der Waals surface area contributed by atoms with Crippen LogP contribution in [0.4, 0.5) is 0 Å². The zero-order chi connectivity index (χ0) is 24.1. The molecule has 1 atom stereocenters. The molecule has 0 aromatic heterocycles. The smallest absolute Gasteiger partial charge is 0.227 e. The van der Waals surface area contributed by atoms with E-state index < -0.39 is 9.84 Å². The standard InChI is InChI=1S/C25H43N3O4S2/c1-2-14-28(25-26-13-15-33-25)24(30)20-7-9-21(10-8-20)27-23(29)16-18-5-11-22(12-6-18)34(31,32)17-19-3-4-19/h18-22,25-26H,2-17H2,1H3,(H,27,29). The van der Waals surface area contributed by atoms with Crippen molar-refractivity contribution in [2.24, 2.45) is 17.8 Å². The van der Waals surface area contributed by atoms with Crippen LogP contribution in [-0.4, -0.2) is 66.5 Å². The Bertz CT molecular complexity index is 795. The molecule has 0 bridgehead atoms. The van der Waals surface area contributed by atoms with Gasteiger partial charge in [-0.2, -0.15) is 0 Å². The third kappa shape index (κ3) is 7.12. The van der Waals surface area contributed by atoms with Crippen LogP contribution in [-0.2, 0) is 19.4 Å². The molecular weight excluding hydrogens is 470 g/mol. The first-order valence-corrected chi connectivity index (χ1v) is 16.3. The van der Waals surface area contributed by atoms with Crippen molar-refractivity contribution < 1.29 is 18.0 Å². The summed E-state index contributed by atoms with van der Waals surface area (Å²) in [5.74, 6) is 2.56. The van der Waals surface area contributed by atoms with Crippen molar-refractivity contribution in [3.63, 3.8) is 0 Å². The highest BCUT2D eigenvalue weighted by molar-refractivity contribution is 8.00. The lowest BCUT2D eigenvalue weighted by Gasteiger charge is -2.35. The van der Waals surface area contributed by atoms with E-state index in [2.05, 4.69) is 17.6 Å². The number of rotatable bonds is 10. The maximum Gasteiger partial charge on any atom is 0.227 e. The third-order valence-electron chi connectivity index (χ3n) is 8.11. The van der Waals surface area contributed by atoms with Crippen LogP contribution in [0.15, 0.2) is 0 Å². The van der Waals surface area contributed by atoms with Gasteiger partial charge in [-0.25, -0.2) is 8.42 Å². The van der Waals surface area contributed by atoms with E-state index in [1.54, 1.807) is 0 Å². The predicted molar refractivity (Wildman–Crippen MR) is 137 cm³/mol. The van der Waals surface area contributed by atoms with Gasteiger partial charge < -0.3 is 10.2 Å². The molecule has 2 N–H and O–H groups in total. The van der Waals surface area contributed by atoms with E-state index in [1.807, 2.05) is 16.7 Å². The van der Waals surface area contributed by atoms with Crippen LogP contribution in [0.25, 0.3) is 0 Å². The number of sulfone groups is 1. The molecule has 0 aromatic rings. The van der Waals surface area contributed by atoms with Gasteiger partial charge in [0, 0.05) is 37.2 Å². The summed E-state index contributed by atoms with van der Waals surface area (Å²) in [7, 11) is -2.96. The van der Waals surface area contributed by atoms with E-state index in [0.29, 0.717) is 36.9 Å². The van der Waals surface area contributed by atoms with Gasteiger partial charge in [-0.1, -0.05) is 6.92 Å². The molecular formula is C25H43N3O4S2. The highest BCUT2D eigenvalue weighted by Gasteiger charge is 2.37. The monoisotopic (exact) mass is 513 g/mol. The fourth-order valence-electron chi connectivity index (χ4n) is 5.91. The van der Waals surface area contributed by atoms with Crippen LogP contribution in [0.5, 0.6) is 0 Å². The second kappa shape index (κ2) is 12.0. The molecule has 0 spiro atoms. The number of nitrogens with zero attached hydrogens (tertiary/aromatic N) is 1. The molecule has 1 saturated heterocycles. The first-order chi connectivity index (χ1) is 16.4. The summed E-state index contributed by atoms with van der Waals surface area (Å²) in [6.45, 7) is 3.87. The summed E-state index contributed by atoms with van der Waals surface area (Å²) < 4.78 is 25.1. The average molecular weight is 514 g/mol. The molecule has 9 heteroatoms. The highest BCUT2D eigenvalue weighted by Crippen LogP contribution is 2.36. The largest absolute Gasteiger partial charge is 0.353 e. The van der Waals surface area contributed by atoms with E-state index in [0.717, 1.165) is 76.6 Å². The minimum Gasteiger partial charge on any atom is -0.353 e. The normalized spacial score (nSPS) is 32.3. The topological polar surface area (TPSA) is 95.6 Å². The molecule has 194 valence electrons. The van der Waals surface area contributed by atoms with Crippen molar-refractivity contribution in [3.05, 3.63) is 0 Å². The Morgan fingerprint density at radius 3 is 2.24 bits per heavy atom. The summed E-state index contributed by atoms with van der Waals surface area (Å²) in [6, 6.07) is 0.158. The van der Waals surface area contributed by atoms with Crippen molar-refractivity contribution in [1.29, 1.82) is 0 Å². The first kappa shape index (κ1) is 26.3. The van der Waals surface area contributed by atoms with E-state index in [9.17, 15) is 18.0 Å². The Morgan fingerprint density at radius 1 is 0.971 bits per heavy atom. The lowest BCUT2D eigenvalue weighted by molar-refractivity contribution is -0.137. The summed E-state index contributed by atoms with van der Waals surface area (Å²) in [5, 5.41) is 6.46. The van der Waals surface area contributed by atoms with Crippen molar-refractivity contribution in [3.8, 4) is 0 Å². The first-order valence-electron chi connectivity index (χ1n) is 13.5. The summed E-state index contributed by atoms with van der Waals surface area (Å²) in [5.41, 5.74) is 0.115. The van der Waals surface area contributed by atoms with Gasteiger partial charge in [0.25, 0.3) is 0 Å². The molecule has 0 radical (unpaired) electrons. The Kier molecular flexibility index (Phi) is 9.24. The fourth-order valence-corrected chi connectivity index (χ4v) is 9.25. The van der Waals surface area contributed by atoms with E-state index in [4.69, 9.17) is 0 Å². The highest BCUT2D eigenvalue weighted by atomic mass is 32.2. The Labute approximate surface area is 209 Å². The molecule has 2 amide bonds. The van der Waals surface area contributed by atoms with Gasteiger partial charge in [0.05, 0.1) is 11.0 Å². The second-order valence-corrected chi connectivity index (χ2v) is 14.5. The zero-order valence-electron chi connectivity index (χ0n) is 20.7. The van der Waals surface area contributed by atoms with Crippen LogP contribution in [0, 0.1) is 17.8 Å². The lowest BCUT2D eigenvalue weighted by Crippen LogP contribution is -2.48. The van der Waals surface area contributed by atoms with E-state index >= 15 is 0 Å². The summed E-state index contributed by atoms with van der Waals surface area (Å²) >= 11 is 1.82. The minimum atomic E-state index is -2.96. The maximum atomic E-state index is 13.2. The SMILES string of the molecule is CCCN(C(=O)C1CCC(NC(=O)CC2CCC(S(=O)(=O)CC3CC3)CC2)CC1)C1NCCS1. The number of amides is 2. The maximum absolute atomic E-state index is 13.2. The van der Waals surface area contributed by atoms with Gasteiger partial charge in [0.2, 0.25) is 11.8 Å². The molecule has 7 nitrogen and oxygen atoms in total. The van der Waals surface area contributed by atoms with Crippen LogP contribution < -0.4 is 10.6 Å². The van der Waals surface area contributed by atoms with Crippen LogP contribution >= 0.6 is 11.8 Å². The molecule has 4 rings (SSSR count). The lowest BCUT2D eigenvalue weighted by atomic mass is 9.84. The van der Waals surface area contributed by atoms with Crippen molar-refractivity contribution in [1.82, 2.24) is 15.5 Å². The summed E-state index contributed by atoms with van der Waals surface area (Å²) in [4.78, 5) is 27.9. The molecule has 3 saturated carbocycles. The van der Waals surface area contributed by atoms with Gasteiger partial charge in [0.15, 0.2) is 9.84 Å². The fraction of sp³-hybridized carbons (Fsp3) is 0.920. The molecule has 3 aliphatic carbocycles. The Morgan fingerprint density at radius 2 is 1.65 bits per heavy atom. The summed E-state index contributed by atoms with van der Waals surface area (Å²) in [6.07, 6.45) is 10.1. The number of carbonyl (C=O) groups excluding carboxylic acids is 2. The molecule has 1 heterocycles. The zero-order valence-corrected chi connectivity index (χ0v) is 22.3. The van der Waals surface area contributed by atoms with Gasteiger partial charge in [-0.15, -0.1) is 11.8 Å². The van der Waals surface area contributed by atoms with Gasteiger partial charge in [-0.3, -0.25) is 14.9 Å². The van der Waals surface area contributed by atoms with Crippen molar-refractivity contribution in [2.45, 2.75) is 101 Å². The average Bonchev–Trinajstić information content (AvgIpc) is 3.45. The number of thioether (sulfide) groups is 1. The molecule has 1 aliphatic heterocycles. The van der Waals surface area contributed by atoms with Gasteiger partial charge in [0.1, 0.15) is 5.50 Å². The van der Waals surface area contributed by atoms with E-state index in [1.165, 1.54) is 0 Å². The quantitative estimate of drug-likeness (QED) is 0.465. The number of nitrogens with one attached hydrogen (secondary N) is 2. The van der Waals surface area contributed by atoms with Crippen molar-refractivity contribution >= 4 is 33.4 Å². The van der Waals surface area contributed by atoms with E-state index in [-0.39, 0.29) is 34.5 Å². The Balaban J connectivity index is 1.16. The number of hydrogen-bond donors (Lipinski definition) is 2. The molecule has 4 fully saturated rings. The van der Waals surface area contributed by atoms with Crippen molar-refractivity contribution in [2.75, 3.05) is 24.6 Å². The van der Waals surface area contributed by atoms with Crippen LogP contribution in [0.3, 0.4) is 0 Å². The van der Waals surface area contributed by atoms with Crippen LogP contribution in [0.2, 0.25) is 0 Å². The van der Waals surface area contributed by atoms with Gasteiger partial charge >= 0.3 is 0 Å². The second-order valence-electron chi connectivity index (χ2n) is 10.9. The molecule has 34 heavy (non-hydrogen) atoms. The Hall–Kier alpha value is -0.800. The third-order valence-corrected chi connectivity index (χ3v) is 11.7.